The third kappa shape index (κ3) is 1.77. The molecule has 0 aromatic heterocycles. The van der Waals surface area contributed by atoms with Crippen LogP contribution in [0.4, 0.5) is 0 Å². The molecule has 80 valence electrons. The van der Waals surface area contributed by atoms with Crippen molar-refractivity contribution in [3.05, 3.63) is 0 Å². The van der Waals surface area contributed by atoms with Crippen LogP contribution >= 0.6 is 0 Å². The van der Waals surface area contributed by atoms with Gasteiger partial charge in [0.05, 0.1) is 0 Å². The van der Waals surface area contributed by atoms with Gasteiger partial charge in [-0.1, -0.05) is 0 Å². The van der Waals surface area contributed by atoms with Gasteiger partial charge in [-0.05, 0) is 26.2 Å². The van der Waals surface area contributed by atoms with Crippen molar-refractivity contribution in [1.82, 2.24) is 10.0 Å². The molecule has 1 aliphatic carbocycles. The Morgan fingerprint density at radius 2 is 2.29 bits per heavy atom. The third-order valence-electron chi connectivity index (χ3n) is 3.05. The molecule has 1 amide bonds. The zero-order chi connectivity index (χ0) is 10.1. The normalized spacial score (nSPS) is 26.7. The highest BCUT2D eigenvalue weighted by molar-refractivity contribution is 5.77. The Balaban J connectivity index is 2.07. The summed E-state index contributed by atoms with van der Waals surface area (Å²) in [6.07, 6.45) is 4.02. The lowest BCUT2D eigenvalue weighted by Crippen LogP contribution is -2.56. The summed E-state index contributed by atoms with van der Waals surface area (Å²) in [5.41, 5.74) is 5.65. The van der Waals surface area contributed by atoms with Crippen LogP contribution in [-0.2, 0) is 4.79 Å². The second-order valence-electron chi connectivity index (χ2n) is 4.32. The van der Waals surface area contributed by atoms with Gasteiger partial charge in [0, 0.05) is 31.6 Å². The highest BCUT2D eigenvalue weighted by atomic mass is 16.2. The molecule has 0 spiro atoms. The van der Waals surface area contributed by atoms with Crippen LogP contribution in [0.1, 0.15) is 32.6 Å². The minimum atomic E-state index is 0.291. The van der Waals surface area contributed by atoms with Crippen LogP contribution < -0.4 is 5.73 Å². The monoisotopic (exact) mass is 197 g/mol. The number of hydrazine groups is 1. The van der Waals surface area contributed by atoms with E-state index in [1.165, 1.54) is 12.8 Å². The molecule has 0 bridgehead atoms. The fourth-order valence-corrected chi connectivity index (χ4v) is 2.04. The van der Waals surface area contributed by atoms with Crippen molar-refractivity contribution in [2.75, 3.05) is 13.1 Å². The van der Waals surface area contributed by atoms with Crippen molar-refractivity contribution >= 4 is 5.91 Å². The van der Waals surface area contributed by atoms with E-state index in [1.807, 2.05) is 5.01 Å². The largest absolute Gasteiger partial charge is 0.329 e. The molecule has 1 aliphatic heterocycles. The minimum Gasteiger partial charge on any atom is -0.329 e. The minimum absolute atomic E-state index is 0.291. The first kappa shape index (κ1) is 9.93. The Morgan fingerprint density at radius 3 is 2.86 bits per heavy atom. The number of amides is 1. The molecule has 1 saturated carbocycles. The number of nitrogens with zero attached hydrogens (tertiary/aromatic N) is 2. The zero-order valence-corrected chi connectivity index (χ0v) is 8.78. The standard InChI is InChI=1S/C10H19N3O/c1-8(7-11)12-6-2-3-10(14)13(12)9-4-5-9/h8-9H,2-7,11H2,1H3. The molecule has 0 radical (unpaired) electrons. The van der Waals surface area contributed by atoms with E-state index in [4.69, 9.17) is 5.73 Å². The zero-order valence-electron chi connectivity index (χ0n) is 8.78. The molecule has 0 aromatic rings. The Labute approximate surface area is 85.0 Å². The number of carbonyl (C=O) groups excluding carboxylic acids is 1. The lowest BCUT2D eigenvalue weighted by atomic mass is 10.2. The summed E-state index contributed by atoms with van der Waals surface area (Å²) in [5.74, 6) is 0.291. The summed E-state index contributed by atoms with van der Waals surface area (Å²) in [5, 5.41) is 4.14. The average molecular weight is 197 g/mol. The van der Waals surface area contributed by atoms with Crippen molar-refractivity contribution in [2.24, 2.45) is 5.73 Å². The third-order valence-corrected chi connectivity index (χ3v) is 3.05. The molecule has 2 fully saturated rings. The quantitative estimate of drug-likeness (QED) is 0.709. The highest BCUT2D eigenvalue weighted by Gasteiger charge is 2.39. The van der Waals surface area contributed by atoms with Crippen molar-refractivity contribution < 1.29 is 4.79 Å². The van der Waals surface area contributed by atoms with Crippen molar-refractivity contribution in [3.8, 4) is 0 Å². The van der Waals surface area contributed by atoms with Crippen LogP contribution in [0.15, 0.2) is 0 Å². The molecule has 1 unspecified atom stereocenters. The first-order valence-electron chi connectivity index (χ1n) is 5.52. The van der Waals surface area contributed by atoms with Gasteiger partial charge in [0.2, 0.25) is 5.91 Å². The van der Waals surface area contributed by atoms with E-state index in [9.17, 15) is 4.79 Å². The summed E-state index contributed by atoms with van der Waals surface area (Å²) in [6, 6.07) is 0.775. The van der Waals surface area contributed by atoms with Gasteiger partial charge in [-0.3, -0.25) is 9.80 Å². The van der Waals surface area contributed by atoms with Crippen molar-refractivity contribution in [2.45, 2.75) is 44.7 Å². The van der Waals surface area contributed by atoms with Gasteiger partial charge in [0.15, 0.2) is 0 Å². The predicted molar refractivity (Wildman–Crippen MR) is 54.3 cm³/mol. The van der Waals surface area contributed by atoms with Crippen LogP contribution in [-0.4, -0.2) is 41.1 Å². The fraction of sp³-hybridized carbons (Fsp3) is 0.900. The first-order valence-corrected chi connectivity index (χ1v) is 5.52. The maximum Gasteiger partial charge on any atom is 0.237 e. The lowest BCUT2D eigenvalue weighted by Gasteiger charge is -2.42. The van der Waals surface area contributed by atoms with Crippen LogP contribution in [0, 0.1) is 0 Å². The summed E-state index contributed by atoms with van der Waals surface area (Å²) in [6.45, 7) is 3.70. The van der Waals surface area contributed by atoms with E-state index < -0.39 is 0 Å². The number of hydrogen-bond acceptors (Lipinski definition) is 3. The van der Waals surface area contributed by atoms with Gasteiger partial charge in [0.25, 0.3) is 0 Å². The van der Waals surface area contributed by atoms with Gasteiger partial charge in [-0.25, -0.2) is 5.01 Å². The van der Waals surface area contributed by atoms with Gasteiger partial charge in [-0.15, -0.1) is 0 Å². The van der Waals surface area contributed by atoms with E-state index in [1.54, 1.807) is 0 Å². The van der Waals surface area contributed by atoms with E-state index in [0.29, 0.717) is 31.0 Å². The molecule has 1 saturated heterocycles. The molecule has 2 N–H and O–H groups in total. The maximum absolute atomic E-state index is 11.7. The van der Waals surface area contributed by atoms with E-state index in [0.717, 1.165) is 13.0 Å². The van der Waals surface area contributed by atoms with Gasteiger partial charge >= 0.3 is 0 Å². The van der Waals surface area contributed by atoms with Crippen molar-refractivity contribution in [3.63, 3.8) is 0 Å². The second kappa shape index (κ2) is 3.87. The first-order chi connectivity index (χ1) is 6.74. The molecule has 1 atom stereocenters. The van der Waals surface area contributed by atoms with E-state index >= 15 is 0 Å². The van der Waals surface area contributed by atoms with Gasteiger partial charge < -0.3 is 5.73 Å². The highest BCUT2D eigenvalue weighted by Crippen LogP contribution is 2.31. The smallest absolute Gasteiger partial charge is 0.237 e. The topological polar surface area (TPSA) is 49.6 Å². The van der Waals surface area contributed by atoms with E-state index in [-0.39, 0.29) is 0 Å². The summed E-state index contributed by atoms with van der Waals surface area (Å²) < 4.78 is 0. The molecular weight excluding hydrogens is 178 g/mol. The van der Waals surface area contributed by atoms with Crippen LogP contribution in [0.5, 0.6) is 0 Å². The summed E-state index contributed by atoms with van der Waals surface area (Å²) in [7, 11) is 0. The molecule has 2 aliphatic rings. The number of nitrogens with two attached hydrogens (primary N) is 1. The Bertz CT molecular complexity index is 227. The molecule has 0 aromatic carbocycles. The molecule has 2 rings (SSSR count). The average Bonchev–Trinajstić information content (AvgIpc) is 3.00. The van der Waals surface area contributed by atoms with Gasteiger partial charge in [-0.2, -0.15) is 0 Å². The summed E-state index contributed by atoms with van der Waals surface area (Å²) >= 11 is 0. The molecule has 14 heavy (non-hydrogen) atoms. The van der Waals surface area contributed by atoms with E-state index in [2.05, 4.69) is 11.9 Å². The molecule has 1 heterocycles. The Kier molecular flexibility index (Phi) is 2.74. The van der Waals surface area contributed by atoms with Crippen LogP contribution in [0.3, 0.4) is 0 Å². The van der Waals surface area contributed by atoms with Crippen molar-refractivity contribution in [1.29, 1.82) is 0 Å². The molecule has 4 heteroatoms. The van der Waals surface area contributed by atoms with Crippen LogP contribution in [0.25, 0.3) is 0 Å². The Hall–Kier alpha value is -0.610. The SMILES string of the molecule is CC(CN)N1CCCC(=O)N1C1CC1. The number of rotatable bonds is 3. The summed E-state index contributed by atoms with van der Waals surface area (Å²) in [4.78, 5) is 11.7. The fourth-order valence-electron chi connectivity index (χ4n) is 2.04. The number of hydrogen-bond donors (Lipinski definition) is 1. The Morgan fingerprint density at radius 1 is 1.57 bits per heavy atom. The molecule has 4 nitrogen and oxygen atoms in total. The molecular formula is C10H19N3O. The maximum atomic E-state index is 11.7. The predicted octanol–water partition coefficient (Wildman–Crippen LogP) is 0.335. The van der Waals surface area contributed by atoms with Gasteiger partial charge in [0.1, 0.15) is 0 Å². The second-order valence-corrected chi connectivity index (χ2v) is 4.32. The van der Waals surface area contributed by atoms with Crippen LogP contribution in [0.2, 0.25) is 0 Å². The lowest BCUT2D eigenvalue weighted by molar-refractivity contribution is -0.161. The number of carbonyl (C=O) groups is 1.